The molecule has 0 spiro atoms. The van der Waals surface area contributed by atoms with Crippen LogP contribution in [-0.2, 0) is 6.42 Å². The van der Waals surface area contributed by atoms with Crippen molar-refractivity contribution >= 4 is 22.6 Å². The molecular weight excluding hydrogens is 340 g/mol. The minimum Gasteiger partial charge on any atom is -0.397 e. The molecule has 138 valence electrons. The van der Waals surface area contributed by atoms with E-state index in [-0.39, 0.29) is 6.04 Å². The maximum absolute atomic E-state index is 11.7. The van der Waals surface area contributed by atoms with Crippen LogP contribution < -0.4 is 11.5 Å². The summed E-state index contributed by atoms with van der Waals surface area (Å²) in [5, 5.41) is 9.55. The van der Waals surface area contributed by atoms with Crippen LogP contribution >= 0.6 is 0 Å². The second-order valence-corrected chi connectivity index (χ2v) is 6.85. The second-order valence-electron chi connectivity index (χ2n) is 6.85. The number of primary amides is 1. The molecular formula is C20H22N6O. The van der Waals surface area contributed by atoms with Crippen LogP contribution in [-0.4, -0.2) is 32.7 Å². The minimum absolute atomic E-state index is 0.131. The number of urea groups is 1. The molecule has 7 heteroatoms. The lowest BCUT2D eigenvalue weighted by Crippen LogP contribution is -2.35. The van der Waals surface area contributed by atoms with Crippen LogP contribution in [0.3, 0.4) is 0 Å². The molecule has 0 saturated carbocycles. The first-order chi connectivity index (χ1) is 13.1. The zero-order chi connectivity index (χ0) is 19.0. The first-order valence-electron chi connectivity index (χ1n) is 9.14. The smallest absolute Gasteiger partial charge is 0.315 e. The van der Waals surface area contributed by atoms with E-state index in [1.54, 1.807) is 11.1 Å². The van der Waals surface area contributed by atoms with Gasteiger partial charge in [-0.05, 0) is 54.7 Å². The number of anilines is 1. The molecule has 1 fully saturated rings. The number of rotatable bonds is 3. The molecule has 1 aliphatic heterocycles. The van der Waals surface area contributed by atoms with Gasteiger partial charge in [0, 0.05) is 29.9 Å². The molecule has 0 aliphatic carbocycles. The summed E-state index contributed by atoms with van der Waals surface area (Å²) in [5.41, 5.74) is 17.0. The topological polar surface area (TPSA) is 111 Å². The number of hydrogen-bond acceptors (Lipinski definition) is 5. The molecule has 3 aromatic rings. The zero-order valence-electron chi connectivity index (χ0n) is 15.2. The van der Waals surface area contributed by atoms with Crippen LogP contribution in [0.15, 0.2) is 36.7 Å². The summed E-state index contributed by atoms with van der Waals surface area (Å²) < 4.78 is 0. The van der Waals surface area contributed by atoms with Gasteiger partial charge in [0.15, 0.2) is 0 Å². The molecule has 4 N–H and O–H groups in total. The van der Waals surface area contributed by atoms with E-state index in [9.17, 15) is 4.79 Å². The largest absolute Gasteiger partial charge is 0.397 e. The van der Waals surface area contributed by atoms with E-state index in [0.29, 0.717) is 17.7 Å². The van der Waals surface area contributed by atoms with Crippen LogP contribution in [0, 0.1) is 0 Å². The fourth-order valence-electron chi connectivity index (χ4n) is 3.85. The average Bonchev–Trinajstić information content (AvgIpc) is 3.17. The molecule has 27 heavy (non-hydrogen) atoms. The SMILES string of the molecule is CCc1ccncc1-c1cc(N)c2nnc([C@@H]3CCCN3C(N)=O)cc2c1. The van der Waals surface area contributed by atoms with Crippen LogP contribution in [0.1, 0.15) is 37.1 Å². The number of likely N-dealkylation sites (tertiary alicyclic amines) is 1. The number of pyridine rings is 1. The van der Waals surface area contributed by atoms with Gasteiger partial charge in [-0.25, -0.2) is 4.79 Å². The van der Waals surface area contributed by atoms with E-state index in [0.717, 1.165) is 41.5 Å². The van der Waals surface area contributed by atoms with Crippen LogP contribution in [0.4, 0.5) is 10.5 Å². The van der Waals surface area contributed by atoms with Crippen molar-refractivity contribution in [2.45, 2.75) is 32.2 Å². The fourth-order valence-corrected chi connectivity index (χ4v) is 3.85. The molecule has 1 aromatic carbocycles. The van der Waals surface area contributed by atoms with Gasteiger partial charge in [-0.1, -0.05) is 6.92 Å². The number of nitrogen functional groups attached to an aromatic ring is 1. The van der Waals surface area contributed by atoms with E-state index in [1.807, 2.05) is 24.4 Å². The Kier molecular flexibility index (Phi) is 4.35. The van der Waals surface area contributed by atoms with Gasteiger partial charge in [0.1, 0.15) is 5.52 Å². The minimum atomic E-state index is -0.421. The number of carbonyl (C=O) groups is 1. The standard InChI is InChI=1S/C20H22N6O/c1-2-12-5-6-23-11-15(12)13-8-14-10-17(24-25-19(14)16(21)9-13)18-4-3-7-26(18)20(22)27/h5-6,8-11,18H,2-4,7,21H2,1H3,(H2,22,27)/t18-/m0/s1. The van der Waals surface area contributed by atoms with Crippen molar-refractivity contribution in [3.05, 3.63) is 47.9 Å². The van der Waals surface area contributed by atoms with E-state index in [2.05, 4.69) is 28.2 Å². The molecule has 1 aliphatic rings. The maximum Gasteiger partial charge on any atom is 0.315 e. The van der Waals surface area contributed by atoms with Gasteiger partial charge in [0.05, 0.1) is 17.4 Å². The third-order valence-electron chi connectivity index (χ3n) is 5.22. The van der Waals surface area contributed by atoms with Crippen molar-refractivity contribution in [2.24, 2.45) is 5.73 Å². The Labute approximate surface area is 157 Å². The molecule has 4 rings (SSSR count). The number of fused-ring (bicyclic) bond motifs is 1. The average molecular weight is 362 g/mol. The number of nitrogens with two attached hydrogens (primary N) is 2. The summed E-state index contributed by atoms with van der Waals surface area (Å²) in [4.78, 5) is 17.6. The third-order valence-corrected chi connectivity index (χ3v) is 5.22. The molecule has 7 nitrogen and oxygen atoms in total. The number of benzene rings is 1. The van der Waals surface area contributed by atoms with Gasteiger partial charge in [0.25, 0.3) is 0 Å². The number of hydrogen-bond donors (Lipinski definition) is 2. The van der Waals surface area contributed by atoms with Crippen molar-refractivity contribution in [1.82, 2.24) is 20.1 Å². The van der Waals surface area contributed by atoms with Crippen molar-refractivity contribution in [3.8, 4) is 11.1 Å². The molecule has 1 atom stereocenters. The quantitative estimate of drug-likeness (QED) is 0.696. The molecule has 1 saturated heterocycles. The van der Waals surface area contributed by atoms with Crippen molar-refractivity contribution < 1.29 is 4.79 Å². The summed E-state index contributed by atoms with van der Waals surface area (Å²) in [6, 6.07) is 7.41. The van der Waals surface area contributed by atoms with Gasteiger partial charge in [-0.3, -0.25) is 4.98 Å². The summed E-state index contributed by atoms with van der Waals surface area (Å²) in [6.07, 6.45) is 6.31. The van der Waals surface area contributed by atoms with Crippen molar-refractivity contribution in [1.29, 1.82) is 0 Å². The number of nitrogens with zero attached hydrogens (tertiary/aromatic N) is 4. The highest BCUT2D eigenvalue weighted by molar-refractivity contribution is 5.94. The lowest BCUT2D eigenvalue weighted by atomic mass is 9.98. The number of aryl methyl sites for hydroxylation is 1. The van der Waals surface area contributed by atoms with Crippen molar-refractivity contribution in [2.75, 3.05) is 12.3 Å². The van der Waals surface area contributed by atoms with E-state index < -0.39 is 6.03 Å². The summed E-state index contributed by atoms with van der Waals surface area (Å²) >= 11 is 0. The van der Waals surface area contributed by atoms with Crippen molar-refractivity contribution in [3.63, 3.8) is 0 Å². The van der Waals surface area contributed by atoms with Gasteiger partial charge in [0.2, 0.25) is 0 Å². The molecule has 0 bridgehead atoms. The molecule has 0 unspecified atom stereocenters. The predicted octanol–water partition coefficient (Wildman–Crippen LogP) is 3.05. The summed E-state index contributed by atoms with van der Waals surface area (Å²) in [6.45, 7) is 2.77. The summed E-state index contributed by atoms with van der Waals surface area (Å²) in [7, 11) is 0. The number of aromatic nitrogens is 3. The highest BCUT2D eigenvalue weighted by Gasteiger charge is 2.30. The molecule has 3 heterocycles. The fraction of sp³-hybridized carbons (Fsp3) is 0.300. The summed E-state index contributed by atoms with van der Waals surface area (Å²) in [5.74, 6) is 0. The Hall–Kier alpha value is -3.22. The lowest BCUT2D eigenvalue weighted by molar-refractivity contribution is 0.201. The van der Waals surface area contributed by atoms with Gasteiger partial charge in [-0.15, -0.1) is 5.10 Å². The monoisotopic (exact) mass is 362 g/mol. The predicted molar refractivity (Wildman–Crippen MR) is 105 cm³/mol. The van der Waals surface area contributed by atoms with E-state index in [4.69, 9.17) is 11.5 Å². The number of carbonyl (C=O) groups excluding carboxylic acids is 1. The normalized spacial score (nSPS) is 16.8. The van der Waals surface area contributed by atoms with Crippen LogP contribution in [0.25, 0.3) is 22.0 Å². The van der Waals surface area contributed by atoms with Crippen LogP contribution in [0.5, 0.6) is 0 Å². The van der Waals surface area contributed by atoms with Crippen LogP contribution in [0.2, 0.25) is 0 Å². The first-order valence-corrected chi connectivity index (χ1v) is 9.14. The second kappa shape index (κ2) is 6.83. The van der Waals surface area contributed by atoms with E-state index >= 15 is 0 Å². The highest BCUT2D eigenvalue weighted by atomic mass is 16.2. The third kappa shape index (κ3) is 3.05. The molecule has 0 radical (unpaired) electrons. The molecule has 2 aromatic heterocycles. The maximum atomic E-state index is 11.7. The lowest BCUT2D eigenvalue weighted by Gasteiger charge is -2.22. The van der Waals surface area contributed by atoms with Gasteiger partial charge in [-0.2, -0.15) is 5.10 Å². The highest BCUT2D eigenvalue weighted by Crippen LogP contribution is 2.34. The first kappa shape index (κ1) is 17.2. The Balaban J connectivity index is 1.82. The van der Waals surface area contributed by atoms with E-state index in [1.165, 1.54) is 5.56 Å². The van der Waals surface area contributed by atoms with Gasteiger partial charge >= 0.3 is 6.03 Å². The zero-order valence-corrected chi connectivity index (χ0v) is 15.2. The van der Waals surface area contributed by atoms with Gasteiger partial charge < -0.3 is 16.4 Å². The number of amides is 2. The molecule has 2 amide bonds. The Morgan fingerprint density at radius 3 is 2.93 bits per heavy atom. The Morgan fingerprint density at radius 1 is 1.30 bits per heavy atom. The Morgan fingerprint density at radius 2 is 2.15 bits per heavy atom. The Bertz CT molecular complexity index is 1020.